The van der Waals surface area contributed by atoms with E-state index in [1.54, 1.807) is 12.1 Å². The predicted octanol–water partition coefficient (Wildman–Crippen LogP) is 2.91. The fourth-order valence-electron chi connectivity index (χ4n) is 2.02. The molecule has 2 aromatic carbocycles. The monoisotopic (exact) mass is 289 g/mol. The van der Waals surface area contributed by atoms with Gasteiger partial charge in [0.1, 0.15) is 6.61 Å². The fraction of sp³-hybridized carbons (Fsp3) is 0.188. The summed E-state index contributed by atoms with van der Waals surface area (Å²) in [7, 11) is 0. The van der Waals surface area contributed by atoms with Crippen LogP contribution >= 0.6 is 11.6 Å². The lowest BCUT2D eigenvalue weighted by atomic mass is 10.1. The summed E-state index contributed by atoms with van der Waals surface area (Å²) >= 11 is 6.13. The fourth-order valence-corrected chi connectivity index (χ4v) is 2.26. The number of anilines is 1. The summed E-state index contributed by atoms with van der Waals surface area (Å²) in [4.78, 5) is 13.4. The average Bonchev–Trinajstić information content (AvgIpc) is 2.50. The summed E-state index contributed by atoms with van der Waals surface area (Å²) in [5.74, 6) is -0.353. The van der Waals surface area contributed by atoms with Gasteiger partial charge in [-0.15, -0.1) is 0 Å². The molecule has 3 nitrogen and oxygen atoms in total. The molecule has 0 fully saturated rings. The summed E-state index contributed by atoms with van der Waals surface area (Å²) in [6.45, 7) is -0.0485. The van der Waals surface area contributed by atoms with Crippen LogP contribution in [0.2, 0.25) is 5.02 Å². The molecule has 0 aliphatic heterocycles. The Bertz CT molecular complexity index is 572. The zero-order valence-electron chi connectivity index (χ0n) is 11.0. The van der Waals surface area contributed by atoms with Gasteiger partial charge in [-0.2, -0.15) is 0 Å². The number of amides is 1. The molecule has 1 N–H and O–H groups in total. The first-order chi connectivity index (χ1) is 9.72. The van der Waals surface area contributed by atoms with Crippen LogP contribution in [0.15, 0.2) is 54.6 Å². The van der Waals surface area contributed by atoms with E-state index in [1.807, 2.05) is 42.5 Å². The molecular formula is C16H16ClNO2. The molecule has 0 unspecified atom stereocenters. The van der Waals surface area contributed by atoms with Crippen molar-refractivity contribution in [3.8, 4) is 0 Å². The Kier molecular flexibility index (Phi) is 5.16. The van der Waals surface area contributed by atoms with E-state index >= 15 is 0 Å². The number of rotatable bonds is 5. The highest BCUT2D eigenvalue weighted by Crippen LogP contribution is 2.25. The largest absolute Gasteiger partial charge is 0.387 e. The van der Waals surface area contributed by atoms with E-state index in [0.717, 1.165) is 5.56 Å². The SMILES string of the molecule is O=C(CO)N(CCc1ccccc1)c1ccccc1Cl. The highest BCUT2D eigenvalue weighted by molar-refractivity contribution is 6.33. The third kappa shape index (κ3) is 3.59. The number of benzene rings is 2. The molecule has 4 heteroatoms. The maximum absolute atomic E-state index is 11.9. The van der Waals surface area contributed by atoms with Gasteiger partial charge in [-0.25, -0.2) is 0 Å². The minimum Gasteiger partial charge on any atom is -0.387 e. The van der Waals surface area contributed by atoms with Crippen molar-refractivity contribution in [3.63, 3.8) is 0 Å². The molecule has 0 saturated carbocycles. The number of aliphatic hydroxyl groups is 1. The van der Waals surface area contributed by atoms with Crippen molar-refractivity contribution in [2.24, 2.45) is 0 Å². The third-order valence-electron chi connectivity index (χ3n) is 3.05. The summed E-state index contributed by atoms with van der Waals surface area (Å²) < 4.78 is 0. The highest BCUT2D eigenvalue weighted by Gasteiger charge is 2.16. The number of carbonyl (C=O) groups is 1. The van der Waals surface area contributed by atoms with Crippen molar-refractivity contribution < 1.29 is 9.90 Å². The molecule has 2 rings (SSSR count). The molecule has 20 heavy (non-hydrogen) atoms. The molecule has 0 aliphatic carbocycles. The average molecular weight is 290 g/mol. The zero-order chi connectivity index (χ0) is 14.4. The molecule has 0 atom stereocenters. The Morgan fingerprint density at radius 2 is 1.70 bits per heavy atom. The summed E-state index contributed by atoms with van der Waals surface area (Å²) in [5.41, 5.74) is 1.76. The first kappa shape index (κ1) is 14.6. The maximum atomic E-state index is 11.9. The lowest BCUT2D eigenvalue weighted by molar-refractivity contribution is -0.121. The van der Waals surface area contributed by atoms with Crippen LogP contribution in [0.3, 0.4) is 0 Å². The van der Waals surface area contributed by atoms with E-state index in [2.05, 4.69) is 0 Å². The van der Waals surface area contributed by atoms with Crippen molar-refractivity contribution in [1.29, 1.82) is 0 Å². The van der Waals surface area contributed by atoms with E-state index in [-0.39, 0.29) is 5.91 Å². The summed E-state index contributed by atoms with van der Waals surface area (Å²) in [6, 6.07) is 17.0. The van der Waals surface area contributed by atoms with Crippen molar-refractivity contribution in [2.45, 2.75) is 6.42 Å². The van der Waals surface area contributed by atoms with E-state index in [0.29, 0.717) is 23.7 Å². The molecular weight excluding hydrogens is 274 g/mol. The van der Waals surface area contributed by atoms with Crippen LogP contribution in [0.5, 0.6) is 0 Å². The first-order valence-electron chi connectivity index (χ1n) is 6.42. The minimum atomic E-state index is -0.528. The molecule has 0 spiro atoms. The van der Waals surface area contributed by atoms with Crippen LogP contribution in [0.4, 0.5) is 5.69 Å². The molecule has 0 aliphatic rings. The van der Waals surface area contributed by atoms with Gasteiger partial charge in [-0.05, 0) is 24.1 Å². The molecule has 0 radical (unpaired) electrons. The summed E-state index contributed by atoms with van der Waals surface area (Å²) in [5, 5.41) is 9.62. The second-order valence-corrected chi connectivity index (χ2v) is 4.80. The molecule has 0 bridgehead atoms. The van der Waals surface area contributed by atoms with Gasteiger partial charge in [-0.1, -0.05) is 54.1 Å². The van der Waals surface area contributed by atoms with Gasteiger partial charge >= 0.3 is 0 Å². The Hall–Kier alpha value is -1.84. The van der Waals surface area contributed by atoms with Crippen LogP contribution in [0.25, 0.3) is 0 Å². The number of carbonyl (C=O) groups excluding carboxylic acids is 1. The smallest absolute Gasteiger partial charge is 0.252 e. The predicted molar refractivity (Wildman–Crippen MR) is 81.0 cm³/mol. The number of aliphatic hydroxyl groups excluding tert-OH is 1. The van der Waals surface area contributed by atoms with Gasteiger partial charge in [0.25, 0.3) is 5.91 Å². The van der Waals surface area contributed by atoms with Gasteiger partial charge in [0.05, 0.1) is 10.7 Å². The van der Waals surface area contributed by atoms with Crippen LogP contribution in [0.1, 0.15) is 5.56 Å². The van der Waals surface area contributed by atoms with Gasteiger partial charge < -0.3 is 10.0 Å². The Morgan fingerprint density at radius 3 is 2.35 bits per heavy atom. The van der Waals surface area contributed by atoms with E-state index in [4.69, 9.17) is 16.7 Å². The number of hydrogen-bond donors (Lipinski definition) is 1. The van der Waals surface area contributed by atoms with Crippen LogP contribution < -0.4 is 4.90 Å². The van der Waals surface area contributed by atoms with Gasteiger partial charge in [0.15, 0.2) is 0 Å². The van der Waals surface area contributed by atoms with Crippen molar-refractivity contribution in [2.75, 3.05) is 18.1 Å². The highest BCUT2D eigenvalue weighted by atomic mass is 35.5. The Morgan fingerprint density at radius 1 is 1.05 bits per heavy atom. The van der Waals surface area contributed by atoms with E-state index in [1.165, 1.54) is 4.90 Å². The number of para-hydroxylation sites is 1. The second-order valence-electron chi connectivity index (χ2n) is 4.39. The Balaban J connectivity index is 2.17. The molecule has 104 valence electrons. The van der Waals surface area contributed by atoms with Gasteiger partial charge in [0, 0.05) is 6.54 Å². The Labute approximate surface area is 123 Å². The van der Waals surface area contributed by atoms with Gasteiger partial charge in [-0.3, -0.25) is 4.79 Å². The van der Waals surface area contributed by atoms with E-state index in [9.17, 15) is 4.79 Å². The first-order valence-corrected chi connectivity index (χ1v) is 6.80. The van der Waals surface area contributed by atoms with Crippen molar-refractivity contribution >= 4 is 23.2 Å². The van der Waals surface area contributed by atoms with Crippen LogP contribution in [-0.4, -0.2) is 24.2 Å². The van der Waals surface area contributed by atoms with Crippen molar-refractivity contribution in [3.05, 3.63) is 65.2 Å². The molecule has 0 heterocycles. The van der Waals surface area contributed by atoms with Crippen LogP contribution in [-0.2, 0) is 11.2 Å². The van der Waals surface area contributed by atoms with Crippen molar-refractivity contribution in [1.82, 2.24) is 0 Å². The standard InChI is InChI=1S/C16H16ClNO2/c17-14-8-4-5-9-15(14)18(16(20)12-19)11-10-13-6-2-1-3-7-13/h1-9,19H,10-12H2. The molecule has 1 amide bonds. The molecule has 2 aromatic rings. The van der Waals surface area contributed by atoms with Gasteiger partial charge in [0.2, 0.25) is 0 Å². The number of halogens is 1. The normalized spacial score (nSPS) is 10.3. The third-order valence-corrected chi connectivity index (χ3v) is 3.37. The second kappa shape index (κ2) is 7.08. The number of hydrogen-bond acceptors (Lipinski definition) is 2. The molecule has 0 saturated heterocycles. The van der Waals surface area contributed by atoms with Crippen LogP contribution in [0, 0.1) is 0 Å². The van der Waals surface area contributed by atoms with E-state index < -0.39 is 6.61 Å². The number of nitrogens with zero attached hydrogens (tertiary/aromatic N) is 1. The lowest BCUT2D eigenvalue weighted by Crippen LogP contribution is -2.35. The minimum absolute atomic E-state index is 0.353. The molecule has 0 aromatic heterocycles. The zero-order valence-corrected chi connectivity index (χ0v) is 11.8. The maximum Gasteiger partial charge on any atom is 0.252 e. The summed E-state index contributed by atoms with van der Waals surface area (Å²) in [6.07, 6.45) is 0.706. The lowest BCUT2D eigenvalue weighted by Gasteiger charge is -2.23. The topological polar surface area (TPSA) is 40.5 Å². The quantitative estimate of drug-likeness (QED) is 0.919.